The summed E-state index contributed by atoms with van der Waals surface area (Å²) in [4.78, 5) is 0. The van der Waals surface area contributed by atoms with Crippen molar-refractivity contribution in [3.63, 3.8) is 0 Å². The molecule has 0 unspecified atom stereocenters. The van der Waals surface area contributed by atoms with E-state index in [0.29, 0.717) is 5.04 Å². The van der Waals surface area contributed by atoms with E-state index in [9.17, 15) is 0 Å². The van der Waals surface area contributed by atoms with Crippen LogP contribution in [0.25, 0.3) is 0 Å². The lowest BCUT2D eigenvalue weighted by atomic mass is 9.85. The number of halogens is 1. The summed E-state index contributed by atoms with van der Waals surface area (Å²) in [7, 11) is -0.389. The Hall–Kier alpha value is 0.507. The predicted molar refractivity (Wildman–Crippen MR) is 71.0 cm³/mol. The van der Waals surface area contributed by atoms with E-state index in [2.05, 4.69) is 27.7 Å². The molecule has 0 amide bonds. The maximum absolute atomic E-state index is 6.18. The van der Waals surface area contributed by atoms with Crippen molar-refractivity contribution < 1.29 is 0 Å². The Bertz CT molecular complexity index is 126. The molecule has 0 aromatic carbocycles. The number of hydrogen-bond donors (Lipinski definition) is 0. The van der Waals surface area contributed by atoms with Crippen LogP contribution in [-0.2, 0) is 0 Å². The number of hydrogen-bond acceptors (Lipinski definition) is 0. The van der Waals surface area contributed by atoms with Gasteiger partial charge in [0.15, 0.2) is 0 Å². The molecule has 0 N–H and O–H groups in total. The summed E-state index contributed by atoms with van der Waals surface area (Å²) in [6, 6.07) is 0. The van der Waals surface area contributed by atoms with Crippen LogP contribution in [0, 0.1) is 5.92 Å². The highest BCUT2D eigenvalue weighted by Gasteiger charge is 2.27. The first kappa shape index (κ1) is 14.5. The summed E-state index contributed by atoms with van der Waals surface area (Å²) in [5.74, 6) is 0.881. The highest BCUT2D eigenvalue weighted by molar-refractivity contribution is 6.95. The molecule has 14 heavy (non-hydrogen) atoms. The van der Waals surface area contributed by atoms with E-state index >= 15 is 0 Å². The van der Waals surface area contributed by atoms with E-state index < -0.39 is 0 Å². The third-order valence-electron chi connectivity index (χ3n) is 3.26. The van der Waals surface area contributed by atoms with Gasteiger partial charge in [0.1, 0.15) is 8.83 Å². The minimum Gasteiger partial charge on any atom is -0.176 e. The SMILES string of the molecule is CCCCC(CCCC)C(C)(C)[SiH2]Cl. The Labute approximate surface area is 97.3 Å². The van der Waals surface area contributed by atoms with E-state index in [1.54, 1.807) is 0 Å². The number of unbranched alkanes of at least 4 members (excludes halogenated alkanes) is 2. The van der Waals surface area contributed by atoms with Gasteiger partial charge in [0.2, 0.25) is 0 Å². The van der Waals surface area contributed by atoms with E-state index in [-0.39, 0.29) is 8.83 Å². The second-order valence-electron chi connectivity index (χ2n) is 5.10. The van der Waals surface area contributed by atoms with E-state index in [1.807, 2.05) is 0 Å². The van der Waals surface area contributed by atoms with Crippen molar-refractivity contribution in [3.05, 3.63) is 0 Å². The molecule has 0 nitrogen and oxygen atoms in total. The van der Waals surface area contributed by atoms with E-state index in [1.165, 1.54) is 38.5 Å². The average Bonchev–Trinajstić information content (AvgIpc) is 2.17. The van der Waals surface area contributed by atoms with Crippen LogP contribution >= 0.6 is 11.1 Å². The third-order valence-corrected chi connectivity index (χ3v) is 6.59. The van der Waals surface area contributed by atoms with Crippen molar-refractivity contribution in [2.75, 3.05) is 0 Å². The van der Waals surface area contributed by atoms with Crippen molar-refractivity contribution in [1.29, 1.82) is 0 Å². The zero-order valence-electron chi connectivity index (χ0n) is 10.4. The lowest BCUT2D eigenvalue weighted by Crippen LogP contribution is -2.21. The van der Waals surface area contributed by atoms with Crippen LogP contribution in [0.15, 0.2) is 0 Å². The Kier molecular flexibility index (Phi) is 8.03. The van der Waals surface area contributed by atoms with Gasteiger partial charge in [0.05, 0.1) is 0 Å². The molecule has 0 heterocycles. The predicted octanol–water partition coefficient (Wildman–Crippen LogP) is 4.50. The van der Waals surface area contributed by atoms with Crippen molar-refractivity contribution in [3.8, 4) is 0 Å². The lowest BCUT2D eigenvalue weighted by Gasteiger charge is -2.32. The Morgan fingerprint density at radius 1 is 1.07 bits per heavy atom. The molecule has 0 aromatic rings. The second-order valence-corrected chi connectivity index (χ2v) is 8.00. The molecule has 0 saturated heterocycles. The fraction of sp³-hybridized carbons (Fsp3) is 1.00. The van der Waals surface area contributed by atoms with Gasteiger partial charge in [-0.15, -0.1) is 0 Å². The standard InChI is InChI=1S/C12H27ClSi/c1-5-7-9-11(10-8-6-2)12(3,4)14-13/h11H,5-10,14H2,1-4H3. The van der Waals surface area contributed by atoms with Crippen LogP contribution in [0.4, 0.5) is 0 Å². The van der Waals surface area contributed by atoms with Gasteiger partial charge in [-0.25, -0.2) is 0 Å². The average molecular weight is 235 g/mol. The molecule has 2 heteroatoms. The summed E-state index contributed by atoms with van der Waals surface area (Å²) in [5, 5.41) is 0.464. The minimum absolute atomic E-state index is 0.389. The highest BCUT2D eigenvalue weighted by Crippen LogP contribution is 2.40. The van der Waals surface area contributed by atoms with Crippen molar-refractivity contribution >= 4 is 19.9 Å². The Balaban J connectivity index is 4.08. The first-order valence-electron chi connectivity index (χ1n) is 6.14. The van der Waals surface area contributed by atoms with Gasteiger partial charge in [-0.05, 0) is 11.0 Å². The van der Waals surface area contributed by atoms with E-state index in [0.717, 1.165) is 5.92 Å². The molecule has 0 bridgehead atoms. The van der Waals surface area contributed by atoms with Gasteiger partial charge >= 0.3 is 0 Å². The topological polar surface area (TPSA) is 0 Å². The molecule has 86 valence electrons. The fourth-order valence-electron chi connectivity index (χ4n) is 1.94. The quantitative estimate of drug-likeness (QED) is 0.429. The Morgan fingerprint density at radius 2 is 1.50 bits per heavy atom. The molecule has 0 aliphatic carbocycles. The lowest BCUT2D eigenvalue weighted by molar-refractivity contribution is 0.334. The normalized spacial score (nSPS) is 13.3. The molecule has 0 aromatic heterocycles. The molecule has 0 spiro atoms. The molecule has 0 aliphatic rings. The molecule has 0 fully saturated rings. The van der Waals surface area contributed by atoms with Crippen LogP contribution in [-0.4, -0.2) is 8.83 Å². The van der Waals surface area contributed by atoms with Gasteiger partial charge in [0.25, 0.3) is 0 Å². The van der Waals surface area contributed by atoms with Crippen LogP contribution in [0.1, 0.15) is 66.2 Å². The molecule has 0 aliphatic heterocycles. The first-order valence-corrected chi connectivity index (χ1v) is 8.99. The van der Waals surface area contributed by atoms with Gasteiger partial charge in [-0.2, -0.15) is 11.1 Å². The smallest absolute Gasteiger partial charge is 0.131 e. The molecule has 0 saturated carbocycles. The van der Waals surface area contributed by atoms with E-state index in [4.69, 9.17) is 11.1 Å². The van der Waals surface area contributed by atoms with Gasteiger partial charge in [-0.1, -0.05) is 66.2 Å². The van der Waals surface area contributed by atoms with Crippen LogP contribution < -0.4 is 0 Å². The summed E-state index contributed by atoms with van der Waals surface area (Å²) < 4.78 is 0. The first-order chi connectivity index (χ1) is 6.58. The maximum atomic E-state index is 6.18. The maximum Gasteiger partial charge on any atom is 0.131 e. The molecule has 0 rings (SSSR count). The van der Waals surface area contributed by atoms with Crippen LogP contribution in [0.2, 0.25) is 5.04 Å². The zero-order chi connectivity index (χ0) is 11.0. The summed E-state index contributed by atoms with van der Waals surface area (Å²) in [6.45, 7) is 9.31. The summed E-state index contributed by atoms with van der Waals surface area (Å²) >= 11 is 6.18. The van der Waals surface area contributed by atoms with Crippen LogP contribution in [0.3, 0.4) is 0 Å². The molecule has 0 radical (unpaired) electrons. The van der Waals surface area contributed by atoms with Crippen molar-refractivity contribution in [2.45, 2.75) is 71.3 Å². The van der Waals surface area contributed by atoms with Gasteiger partial charge < -0.3 is 0 Å². The Morgan fingerprint density at radius 3 is 1.79 bits per heavy atom. The van der Waals surface area contributed by atoms with Crippen molar-refractivity contribution in [1.82, 2.24) is 0 Å². The second kappa shape index (κ2) is 7.75. The summed E-state index contributed by atoms with van der Waals surface area (Å²) in [5.41, 5.74) is 0. The third kappa shape index (κ3) is 5.40. The van der Waals surface area contributed by atoms with Crippen molar-refractivity contribution in [2.24, 2.45) is 5.92 Å². The fourth-order valence-corrected chi connectivity index (χ4v) is 3.22. The minimum atomic E-state index is -0.389. The molecule has 0 atom stereocenters. The molecular formula is C12H27ClSi. The van der Waals surface area contributed by atoms with Gasteiger partial charge in [-0.3, -0.25) is 0 Å². The molecular weight excluding hydrogens is 208 g/mol. The summed E-state index contributed by atoms with van der Waals surface area (Å²) in [6.07, 6.45) is 8.18. The highest BCUT2D eigenvalue weighted by atomic mass is 35.6. The van der Waals surface area contributed by atoms with Crippen LogP contribution in [0.5, 0.6) is 0 Å². The zero-order valence-corrected chi connectivity index (χ0v) is 12.6. The largest absolute Gasteiger partial charge is 0.176 e. The van der Waals surface area contributed by atoms with Gasteiger partial charge in [0, 0.05) is 0 Å². The monoisotopic (exact) mass is 234 g/mol. The number of rotatable bonds is 8.